The van der Waals surface area contributed by atoms with Crippen molar-refractivity contribution in [2.75, 3.05) is 19.7 Å². The van der Waals surface area contributed by atoms with E-state index in [4.69, 9.17) is 14.6 Å². The maximum absolute atomic E-state index is 9.00. The number of rotatable bonds is 0. The molecule has 2 N–H and O–H groups in total. The van der Waals surface area contributed by atoms with Crippen LogP contribution in [0.5, 0.6) is 5.75 Å². The van der Waals surface area contributed by atoms with Gasteiger partial charge in [-0.05, 0) is 32.0 Å². The molecule has 2 heterocycles. The third-order valence-electron chi connectivity index (χ3n) is 3.52. The van der Waals surface area contributed by atoms with E-state index in [1.54, 1.807) is 0 Å². The summed E-state index contributed by atoms with van der Waals surface area (Å²) < 4.78 is 5.76. The van der Waals surface area contributed by atoms with Crippen LogP contribution in [0.1, 0.15) is 25.3 Å². The zero-order valence-electron chi connectivity index (χ0n) is 10.6. The Bertz CT molecular complexity index is 415. The van der Waals surface area contributed by atoms with Crippen LogP contribution in [0.3, 0.4) is 0 Å². The summed E-state index contributed by atoms with van der Waals surface area (Å²) in [7, 11) is 0. The van der Waals surface area contributed by atoms with Crippen LogP contribution in [0, 0.1) is 0 Å². The molecule has 0 unspecified atom stereocenters. The number of carboxylic acid groups (broad SMARTS) is 1. The normalized spacial score (nSPS) is 19.4. The van der Waals surface area contributed by atoms with Crippen LogP contribution in [-0.4, -0.2) is 30.8 Å². The van der Waals surface area contributed by atoms with E-state index in [1.807, 2.05) is 0 Å². The molecule has 2 aliphatic rings. The van der Waals surface area contributed by atoms with Gasteiger partial charge in [-0.2, -0.15) is 0 Å². The minimum atomic E-state index is -0.833. The SMILES string of the molecule is CC(=O)O.c1ccc2c(c1)OCC21CCNCC1. The Hall–Kier alpha value is -1.55. The van der Waals surface area contributed by atoms with Crippen LogP contribution in [0.25, 0.3) is 0 Å². The fraction of sp³-hybridized carbons (Fsp3) is 0.500. The van der Waals surface area contributed by atoms with Crippen molar-refractivity contribution in [3.63, 3.8) is 0 Å². The maximum atomic E-state index is 9.00. The lowest BCUT2D eigenvalue weighted by atomic mass is 9.75. The highest BCUT2D eigenvalue weighted by Crippen LogP contribution is 2.43. The number of hydrogen-bond acceptors (Lipinski definition) is 3. The standard InChI is InChI=1S/C12H15NO.C2H4O2/c1-2-4-11-10(3-1)12(9-14-11)5-7-13-8-6-12;1-2(3)4/h1-4,13H,5-9H2;1H3,(H,3,4). The third kappa shape index (κ3) is 2.64. The fourth-order valence-corrected chi connectivity index (χ4v) is 2.64. The van der Waals surface area contributed by atoms with Crippen molar-refractivity contribution in [2.45, 2.75) is 25.2 Å². The quantitative estimate of drug-likeness (QED) is 0.736. The van der Waals surface area contributed by atoms with Gasteiger partial charge < -0.3 is 15.2 Å². The highest BCUT2D eigenvalue weighted by Gasteiger charge is 2.40. The van der Waals surface area contributed by atoms with Crippen LogP contribution in [0.4, 0.5) is 0 Å². The average molecular weight is 249 g/mol. The fourth-order valence-electron chi connectivity index (χ4n) is 2.64. The Morgan fingerprint density at radius 3 is 2.61 bits per heavy atom. The second-order valence-electron chi connectivity index (χ2n) is 4.83. The van der Waals surface area contributed by atoms with Gasteiger partial charge in [0.2, 0.25) is 0 Å². The van der Waals surface area contributed by atoms with E-state index in [-0.39, 0.29) is 0 Å². The molecule has 0 saturated carbocycles. The summed E-state index contributed by atoms with van der Waals surface area (Å²) in [5.74, 6) is 0.273. The van der Waals surface area contributed by atoms with Crippen molar-refractivity contribution in [2.24, 2.45) is 0 Å². The predicted molar refractivity (Wildman–Crippen MR) is 69.0 cm³/mol. The largest absolute Gasteiger partial charge is 0.492 e. The molecule has 2 aliphatic heterocycles. The van der Waals surface area contributed by atoms with Gasteiger partial charge in [-0.25, -0.2) is 0 Å². The lowest BCUT2D eigenvalue weighted by Crippen LogP contribution is -2.40. The molecule has 1 spiro atoms. The first-order valence-corrected chi connectivity index (χ1v) is 6.27. The number of benzene rings is 1. The summed E-state index contributed by atoms with van der Waals surface area (Å²) in [6.07, 6.45) is 2.42. The topological polar surface area (TPSA) is 58.6 Å². The number of aliphatic carboxylic acids is 1. The molecule has 1 aromatic rings. The van der Waals surface area contributed by atoms with E-state index >= 15 is 0 Å². The number of nitrogens with one attached hydrogen (secondary N) is 1. The number of piperidine rings is 1. The molecule has 1 aromatic carbocycles. The van der Waals surface area contributed by atoms with Gasteiger partial charge in [0, 0.05) is 17.9 Å². The van der Waals surface area contributed by atoms with E-state index in [9.17, 15) is 0 Å². The first-order chi connectivity index (χ1) is 8.64. The molecule has 1 saturated heterocycles. The van der Waals surface area contributed by atoms with Gasteiger partial charge in [-0.1, -0.05) is 18.2 Å². The smallest absolute Gasteiger partial charge is 0.300 e. The molecular weight excluding hydrogens is 230 g/mol. The minimum Gasteiger partial charge on any atom is -0.492 e. The number of para-hydroxylation sites is 1. The lowest BCUT2D eigenvalue weighted by Gasteiger charge is -2.32. The molecule has 1 fully saturated rings. The summed E-state index contributed by atoms with van der Waals surface area (Å²) >= 11 is 0. The Kier molecular flexibility index (Phi) is 3.87. The van der Waals surface area contributed by atoms with E-state index in [1.165, 1.54) is 18.4 Å². The van der Waals surface area contributed by atoms with Gasteiger partial charge in [0.25, 0.3) is 5.97 Å². The number of fused-ring (bicyclic) bond motifs is 2. The van der Waals surface area contributed by atoms with Crippen molar-refractivity contribution < 1.29 is 14.6 Å². The Balaban J connectivity index is 0.000000267. The van der Waals surface area contributed by atoms with Crippen molar-refractivity contribution in [3.8, 4) is 5.75 Å². The van der Waals surface area contributed by atoms with Gasteiger partial charge in [0.15, 0.2) is 0 Å². The predicted octanol–water partition coefficient (Wildman–Crippen LogP) is 1.79. The van der Waals surface area contributed by atoms with E-state index in [2.05, 4.69) is 29.6 Å². The zero-order chi connectivity index (χ0) is 13.0. The number of hydrogen-bond donors (Lipinski definition) is 2. The molecule has 0 aliphatic carbocycles. The summed E-state index contributed by atoms with van der Waals surface area (Å²) in [4.78, 5) is 9.00. The summed E-state index contributed by atoms with van der Waals surface area (Å²) in [5.41, 5.74) is 1.75. The molecule has 3 rings (SSSR count). The van der Waals surface area contributed by atoms with Gasteiger partial charge in [-0.15, -0.1) is 0 Å². The molecule has 0 aromatic heterocycles. The molecule has 4 nitrogen and oxygen atoms in total. The van der Waals surface area contributed by atoms with Crippen molar-refractivity contribution >= 4 is 5.97 Å². The lowest BCUT2D eigenvalue weighted by molar-refractivity contribution is -0.134. The van der Waals surface area contributed by atoms with Crippen LogP contribution in [-0.2, 0) is 10.2 Å². The van der Waals surface area contributed by atoms with Crippen LogP contribution >= 0.6 is 0 Å². The number of carbonyl (C=O) groups is 1. The number of ether oxygens (including phenoxy) is 1. The van der Waals surface area contributed by atoms with Crippen LogP contribution in [0.15, 0.2) is 24.3 Å². The summed E-state index contributed by atoms with van der Waals surface area (Å²) in [5, 5.41) is 10.8. The highest BCUT2D eigenvalue weighted by molar-refractivity contribution is 5.62. The maximum Gasteiger partial charge on any atom is 0.300 e. The molecule has 4 heteroatoms. The third-order valence-corrected chi connectivity index (χ3v) is 3.52. The first-order valence-electron chi connectivity index (χ1n) is 6.27. The zero-order valence-corrected chi connectivity index (χ0v) is 10.6. The Morgan fingerprint density at radius 1 is 1.33 bits per heavy atom. The van der Waals surface area contributed by atoms with Gasteiger partial charge in [0.05, 0.1) is 6.61 Å². The molecular formula is C14H19NO3. The van der Waals surface area contributed by atoms with Gasteiger partial charge in [-0.3, -0.25) is 4.79 Å². The van der Waals surface area contributed by atoms with E-state index in [0.29, 0.717) is 5.41 Å². The highest BCUT2D eigenvalue weighted by atomic mass is 16.5. The Morgan fingerprint density at radius 2 is 1.94 bits per heavy atom. The monoisotopic (exact) mass is 249 g/mol. The Labute approximate surface area is 107 Å². The molecule has 0 radical (unpaired) electrons. The van der Waals surface area contributed by atoms with Crippen LogP contribution in [0.2, 0.25) is 0 Å². The number of carboxylic acids is 1. The van der Waals surface area contributed by atoms with Gasteiger partial charge in [0.1, 0.15) is 5.75 Å². The van der Waals surface area contributed by atoms with Crippen molar-refractivity contribution in [1.82, 2.24) is 5.32 Å². The second kappa shape index (κ2) is 5.40. The average Bonchev–Trinajstić information content (AvgIpc) is 2.70. The minimum absolute atomic E-state index is 0.321. The molecule has 18 heavy (non-hydrogen) atoms. The molecule has 0 bridgehead atoms. The van der Waals surface area contributed by atoms with E-state index in [0.717, 1.165) is 32.4 Å². The molecule has 98 valence electrons. The second-order valence-corrected chi connectivity index (χ2v) is 4.83. The van der Waals surface area contributed by atoms with Crippen LogP contribution < -0.4 is 10.1 Å². The summed E-state index contributed by atoms with van der Waals surface area (Å²) in [6.45, 7) is 4.21. The van der Waals surface area contributed by atoms with Crippen molar-refractivity contribution in [1.29, 1.82) is 0 Å². The summed E-state index contributed by atoms with van der Waals surface area (Å²) in [6, 6.07) is 8.50. The molecule has 0 atom stereocenters. The van der Waals surface area contributed by atoms with Gasteiger partial charge >= 0.3 is 0 Å². The van der Waals surface area contributed by atoms with E-state index < -0.39 is 5.97 Å². The molecule has 0 amide bonds. The van der Waals surface area contributed by atoms with Crippen molar-refractivity contribution in [3.05, 3.63) is 29.8 Å². The first kappa shape index (κ1) is 12.9.